The van der Waals surface area contributed by atoms with Crippen LogP contribution in [0.15, 0.2) is 35.3 Å². The van der Waals surface area contributed by atoms with Crippen molar-refractivity contribution in [1.29, 1.82) is 0 Å². The summed E-state index contributed by atoms with van der Waals surface area (Å²) in [5, 5.41) is 6.06. The molecule has 0 bridgehead atoms. The van der Waals surface area contributed by atoms with E-state index in [4.69, 9.17) is 0 Å². The molecule has 0 aliphatic carbocycles. The molecule has 8 heteroatoms. The number of guanidine groups is 1. The maximum atomic E-state index is 12.6. The molecule has 2 aliphatic heterocycles. The number of benzene rings is 1. The molecule has 31 heavy (non-hydrogen) atoms. The smallest absolute Gasteiger partial charge is 0.224 e. The van der Waals surface area contributed by atoms with Crippen LogP contribution in [0.2, 0.25) is 0 Å². The van der Waals surface area contributed by atoms with E-state index in [2.05, 4.69) is 49.7 Å². The summed E-state index contributed by atoms with van der Waals surface area (Å²) in [6.45, 7) is 5.63. The summed E-state index contributed by atoms with van der Waals surface area (Å²) in [6, 6.07) is 10.4. The Labute approximate surface area is 185 Å². The Morgan fingerprint density at radius 1 is 1.00 bits per heavy atom. The fraction of sp³-hybridized carbons (Fsp3) is 0.609. The maximum Gasteiger partial charge on any atom is 0.224 e. The minimum atomic E-state index is 0.115. The van der Waals surface area contributed by atoms with Crippen LogP contribution in [-0.2, 0) is 9.59 Å². The van der Waals surface area contributed by atoms with Crippen LogP contribution in [0.3, 0.4) is 0 Å². The van der Waals surface area contributed by atoms with E-state index in [0.717, 1.165) is 58.1 Å². The van der Waals surface area contributed by atoms with Gasteiger partial charge in [-0.05, 0) is 30.9 Å². The number of nitrogens with zero attached hydrogens (tertiary/aromatic N) is 4. The average Bonchev–Trinajstić information content (AvgIpc) is 2.83. The summed E-state index contributed by atoms with van der Waals surface area (Å²) in [5.74, 6) is 1.59. The number of hydrogen-bond donors (Lipinski definition) is 2. The Morgan fingerprint density at radius 2 is 1.68 bits per heavy atom. The van der Waals surface area contributed by atoms with Crippen LogP contribution in [0.25, 0.3) is 0 Å². The lowest BCUT2D eigenvalue weighted by Crippen LogP contribution is -2.50. The lowest BCUT2D eigenvalue weighted by molar-refractivity contribution is -0.131. The van der Waals surface area contributed by atoms with Gasteiger partial charge in [-0.3, -0.25) is 14.6 Å². The van der Waals surface area contributed by atoms with Gasteiger partial charge in [-0.1, -0.05) is 18.2 Å². The third kappa shape index (κ3) is 6.60. The number of piperazine rings is 1. The quantitative estimate of drug-likeness (QED) is 0.525. The normalized spacial score (nSPS) is 18.1. The minimum Gasteiger partial charge on any atom is -0.368 e. The van der Waals surface area contributed by atoms with Crippen molar-refractivity contribution in [1.82, 2.24) is 20.4 Å². The van der Waals surface area contributed by atoms with Crippen LogP contribution < -0.4 is 15.5 Å². The molecule has 0 aromatic heterocycles. The predicted octanol–water partition coefficient (Wildman–Crippen LogP) is 1.15. The van der Waals surface area contributed by atoms with E-state index < -0.39 is 0 Å². The molecule has 2 fully saturated rings. The number of carbonyl (C=O) groups excluding carboxylic acids is 2. The average molecular weight is 429 g/mol. The zero-order chi connectivity index (χ0) is 22.1. The van der Waals surface area contributed by atoms with Crippen molar-refractivity contribution in [3.63, 3.8) is 0 Å². The van der Waals surface area contributed by atoms with E-state index in [1.807, 2.05) is 11.0 Å². The SMILES string of the molecule is CN=C(NCCC(=O)N1CCN(c2ccccc2)CC1)N1CCC(CC(=O)NC)CC1. The zero-order valence-corrected chi connectivity index (χ0v) is 18.8. The number of likely N-dealkylation sites (tertiary alicyclic amines) is 1. The van der Waals surface area contributed by atoms with E-state index in [-0.39, 0.29) is 11.8 Å². The van der Waals surface area contributed by atoms with E-state index in [0.29, 0.717) is 25.3 Å². The van der Waals surface area contributed by atoms with Crippen LogP contribution in [-0.4, -0.2) is 87.5 Å². The molecule has 170 valence electrons. The number of aliphatic imine (C=N–C) groups is 1. The van der Waals surface area contributed by atoms with Crippen molar-refractivity contribution in [2.24, 2.45) is 10.9 Å². The molecule has 2 N–H and O–H groups in total. The van der Waals surface area contributed by atoms with Crippen LogP contribution in [0, 0.1) is 5.92 Å². The molecule has 2 aliphatic rings. The second-order valence-corrected chi connectivity index (χ2v) is 8.24. The van der Waals surface area contributed by atoms with Gasteiger partial charge in [0.1, 0.15) is 0 Å². The van der Waals surface area contributed by atoms with Gasteiger partial charge < -0.3 is 25.3 Å². The Kier molecular flexibility index (Phi) is 8.55. The molecule has 2 saturated heterocycles. The summed E-state index contributed by atoms with van der Waals surface area (Å²) < 4.78 is 0. The van der Waals surface area contributed by atoms with Crippen molar-refractivity contribution in [2.45, 2.75) is 25.7 Å². The third-order valence-electron chi connectivity index (χ3n) is 6.25. The standard InChI is InChI=1S/C23H36N6O2/c1-24-21(30)18-19-9-12-29(13-10-19)23(25-2)26-11-8-22(31)28-16-14-27(15-17-28)20-6-4-3-5-7-20/h3-7,19H,8-18H2,1-2H3,(H,24,30)(H,25,26). The summed E-state index contributed by atoms with van der Waals surface area (Å²) >= 11 is 0. The Bertz CT molecular complexity index is 738. The first-order chi connectivity index (χ1) is 15.1. The summed E-state index contributed by atoms with van der Waals surface area (Å²) in [6.07, 6.45) is 3.04. The fourth-order valence-corrected chi connectivity index (χ4v) is 4.34. The second-order valence-electron chi connectivity index (χ2n) is 8.24. The molecule has 8 nitrogen and oxygen atoms in total. The van der Waals surface area contributed by atoms with Gasteiger partial charge in [-0.25, -0.2) is 0 Å². The zero-order valence-electron chi connectivity index (χ0n) is 18.8. The molecule has 3 rings (SSSR count). The maximum absolute atomic E-state index is 12.6. The van der Waals surface area contributed by atoms with Crippen LogP contribution in [0.1, 0.15) is 25.7 Å². The largest absolute Gasteiger partial charge is 0.368 e. The van der Waals surface area contributed by atoms with Gasteiger partial charge >= 0.3 is 0 Å². The number of para-hydroxylation sites is 1. The molecule has 0 radical (unpaired) electrons. The predicted molar refractivity (Wildman–Crippen MR) is 124 cm³/mol. The number of rotatable bonds is 6. The van der Waals surface area contributed by atoms with Gasteiger partial charge in [0.25, 0.3) is 0 Å². The van der Waals surface area contributed by atoms with Crippen molar-refractivity contribution in [2.75, 3.05) is 64.8 Å². The molecule has 1 aromatic rings. The summed E-state index contributed by atoms with van der Waals surface area (Å²) in [7, 11) is 3.47. The van der Waals surface area contributed by atoms with Crippen LogP contribution in [0.5, 0.6) is 0 Å². The van der Waals surface area contributed by atoms with Gasteiger partial charge in [-0.2, -0.15) is 0 Å². The van der Waals surface area contributed by atoms with Crippen molar-refractivity contribution in [3.8, 4) is 0 Å². The van der Waals surface area contributed by atoms with E-state index >= 15 is 0 Å². The van der Waals surface area contributed by atoms with Gasteiger partial charge in [0.05, 0.1) is 0 Å². The number of anilines is 1. The molecule has 0 spiro atoms. The highest BCUT2D eigenvalue weighted by Gasteiger charge is 2.24. The number of piperidine rings is 1. The number of carbonyl (C=O) groups is 2. The van der Waals surface area contributed by atoms with E-state index in [1.54, 1.807) is 14.1 Å². The topological polar surface area (TPSA) is 80.3 Å². The van der Waals surface area contributed by atoms with Crippen molar-refractivity contribution < 1.29 is 9.59 Å². The third-order valence-corrected chi connectivity index (χ3v) is 6.25. The highest BCUT2D eigenvalue weighted by molar-refractivity contribution is 5.81. The first-order valence-electron chi connectivity index (χ1n) is 11.3. The second kappa shape index (κ2) is 11.6. The Balaban J connectivity index is 1.35. The van der Waals surface area contributed by atoms with E-state index in [1.165, 1.54) is 5.69 Å². The molecular weight excluding hydrogens is 392 g/mol. The van der Waals surface area contributed by atoms with Gasteiger partial charge in [-0.15, -0.1) is 0 Å². The first kappa shape index (κ1) is 22.9. The van der Waals surface area contributed by atoms with Crippen molar-refractivity contribution >= 4 is 23.5 Å². The highest BCUT2D eigenvalue weighted by atomic mass is 16.2. The number of hydrogen-bond acceptors (Lipinski definition) is 4. The molecule has 0 unspecified atom stereocenters. The fourth-order valence-electron chi connectivity index (χ4n) is 4.34. The molecule has 1 aromatic carbocycles. The molecular formula is C23H36N6O2. The molecule has 0 atom stereocenters. The van der Waals surface area contributed by atoms with Crippen LogP contribution >= 0.6 is 0 Å². The van der Waals surface area contributed by atoms with Crippen molar-refractivity contribution in [3.05, 3.63) is 30.3 Å². The molecule has 2 heterocycles. The van der Waals surface area contributed by atoms with Gasteiger partial charge in [0, 0.05) is 78.4 Å². The molecule has 2 amide bonds. The lowest BCUT2D eigenvalue weighted by atomic mass is 9.93. The van der Waals surface area contributed by atoms with Gasteiger partial charge in [0.15, 0.2) is 5.96 Å². The summed E-state index contributed by atoms with van der Waals surface area (Å²) in [4.78, 5) is 35.1. The van der Waals surface area contributed by atoms with Gasteiger partial charge in [0.2, 0.25) is 11.8 Å². The monoisotopic (exact) mass is 428 g/mol. The van der Waals surface area contributed by atoms with E-state index in [9.17, 15) is 9.59 Å². The highest BCUT2D eigenvalue weighted by Crippen LogP contribution is 2.20. The first-order valence-corrected chi connectivity index (χ1v) is 11.3. The minimum absolute atomic E-state index is 0.115. The summed E-state index contributed by atoms with van der Waals surface area (Å²) in [5.41, 5.74) is 1.22. The molecule has 0 saturated carbocycles. The Hall–Kier alpha value is -2.77. The lowest BCUT2D eigenvalue weighted by Gasteiger charge is -2.36. The Morgan fingerprint density at radius 3 is 2.29 bits per heavy atom. The number of amides is 2. The number of nitrogens with one attached hydrogen (secondary N) is 2. The van der Waals surface area contributed by atoms with Crippen LogP contribution in [0.4, 0.5) is 5.69 Å².